The van der Waals surface area contributed by atoms with Crippen LogP contribution >= 0.6 is 11.5 Å². The van der Waals surface area contributed by atoms with E-state index < -0.39 is 22.8 Å². The molecule has 0 saturated carbocycles. The Labute approximate surface area is 114 Å². The van der Waals surface area contributed by atoms with Crippen molar-refractivity contribution in [2.45, 2.75) is 0 Å². The molecule has 1 N–H and O–H groups in total. The van der Waals surface area contributed by atoms with Crippen LogP contribution in [-0.2, 0) is 0 Å². The molecule has 0 aliphatic heterocycles. The maximum atomic E-state index is 13.2. The highest BCUT2D eigenvalue weighted by molar-refractivity contribution is 7.08. The lowest BCUT2D eigenvalue weighted by atomic mass is 10.2. The van der Waals surface area contributed by atoms with Crippen LogP contribution in [0.4, 0.5) is 4.39 Å². The molecule has 9 heteroatoms. The minimum atomic E-state index is -1.40. The molecule has 3 aromatic heterocycles. The van der Waals surface area contributed by atoms with Gasteiger partial charge in [-0.15, -0.1) is 0 Å². The molecule has 0 amide bonds. The fourth-order valence-corrected chi connectivity index (χ4v) is 2.27. The molecular weight excluding hydrogens is 287 g/mol. The molecule has 3 heterocycles. The number of halogens is 1. The summed E-state index contributed by atoms with van der Waals surface area (Å²) in [7, 11) is 0. The van der Waals surface area contributed by atoms with Crippen LogP contribution in [-0.4, -0.2) is 30.0 Å². The molecule has 3 aromatic rings. The Morgan fingerprint density at radius 2 is 2.20 bits per heavy atom. The smallest absolute Gasteiger partial charge is 0.341 e. The molecule has 0 unspecified atom stereocenters. The summed E-state index contributed by atoms with van der Waals surface area (Å²) in [5.74, 6) is -2.12. The Hall–Kier alpha value is -2.68. The minimum absolute atomic E-state index is 0.123. The highest BCUT2D eigenvalue weighted by Crippen LogP contribution is 2.17. The molecule has 7 nitrogen and oxygen atoms in total. The standard InChI is InChI=1S/C11H5FN4O3S/c12-5-1-6-8(17)7(10(18)19)3-16(9(6)13-2-5)11-14-4-15-20-11/h1-4H,(H,18,19). The molecule has 0 fully saturated rings. The van der Waals surface area contributed by atoms with Crippen LogP contribution in [0.15, 0.2) is 29.6 Å². The van der Waals surface area contributed by atoms with Gasteiger partial charge >= 0.3 is 5.97 Å². The highest BCUT2D eigenvalue weighted by Gasteiger charge is 2.17. The van der Waals surface area contributed by atoms with Crippen LogP contribution in [0.1, 0.15) is 10.4 Å². The molecule has 0 aliphatic carbocycles. The van der Waals surface area contributed by atoms with E-state index in [0.717, 1.165) is 30.0 Å². The summed E-state index contributed by atoms with van der Waals surface area (Å²) >= 11 is 0.994. The van der Waals surface area contributed by atoms with Crippen molar-refractivity contribution in [2.75, 3.05) is 0 Å². The number of fused-ring (bicyclic) bond motifs is 1. The predicted octanol–water partition coefficient (Wildman–Crippen LogP) is 1.07. The van der Waals surface area contributed by atoms with E-state index in [0.29, 0.717) is 5.13 Å². The van der Waals surface area contributed by atoms with E-state index >= 15 is 0 Å². The van der Waals surface area contributed by atoms with Gasteiger partial charge in [-0.25, -0.2) is 19.2 Å². The van der Waals surface area contributed by atoms with E-state index in [9.17, 15) is 14.0 Å². The molecule has 0 atom stereocenters. The van der Waals surface area contributed by atoms with Gasteiger partial charge in [0, 0.05) is 17.7 Å². The number of aromatic nitrogens is 4. The summed E-state index contributed by atoms with van der Waals surface area (Å²) in [5, 5.41) is 9.26. The van der Waals surface area contributed by atoms with E-state index in [1.165, 1.54) is 10.9 Å². The lowest BCUT2D eigenvalue weighted by Gasteiger charge is -2.07. The van der Waals surface area contributed by atoms with Crippen LogP contribution in [0.3, 0.4) is 0 Å². The van der Waals surface area contributed by atoms with E-state index in [1.54, 1.807) is 0 Å². The SMILES string of the molecule is O=C(O)c1cn(-c2ncns2)c2ncc(F)cc2c1=O. The minimum Gasteiger partial charge on any atom is -0.477 e. The van der Waals surface area contributed by atoms with E-state index in [-0.39, 0.29) is 11.0 Å². The summed E-state index contributed by atoms with van der Waals surface area (Å²) in [6.07, 6.45) is 3.34. The zero-order valence-electron chi connectivity index (χ0n) is 9.65. The number of rotatable bonds is 2. The number of carboxylic acid groups (broad SMARTS) is 1. The van der Waals surface area contributed by atoms with Crippen LogP contribution in [0.2, 0.25) is 0 Å². The lowest BCUT2D eigenvalue weighted by Crippen LogP contribution is -2.19. The van der Waals surface area contributed by atoms with Crippen LogP contribution in [0, 0.1) is 5.82 Å². The fraction of sp³-hybridized carbons (Fsp3) is 0. The number of hydrogen-bond donors (Lipinski definition) is 1. The van der Waals surface area contributed by atoms with Crippen molar-refractivity contribution in [1.29, 1.82) is 0 Å². The summed E-state index contributed by atoms with van der Waals surface area (Å²) in [5.41, 5.74) is -1.15. The van der Waals surface area contributed by atoms with Gasteiger partial charge in [-0.1, -0.05) is 0 Å². The second-order valence-corrected chi connectivity index (χ2v) is 4.55. The van der Waals surface area contributed by atoms with Gasteiger partial charge in [-0.2, -0.15) is 4.37 Å². The Kier molecular flexibility index (Phi) is 2.75. The molecule has 0 aliphatic rings. The third-order valence-electron chi connectivity index (χ3n) is 2.60. The molecule has 0 bridgehead atoms. The van der Waals surface area contributed by atoms with Crippen molar-refractivity contribution in [2.24, 2.45) is 0 Å². The fourth-order valence-electron chi connectivity index (χ4n) is 1.76. The van der Waals surface area contributed by atoms with E-state index in [4.69, 9.17) is 5.11 Å². The maximum absolute atomic E-state index is 13.2. The summed E-state index contributed by atoms with van der Waals surface area (Å²) in [6.45, 7) is 0. The van der Waals surface area contributed by atoms with Crippen molar-refractivity contribution in [3.63, 3.8) is 0 Å². The zero-order chi connectivity index (χ0) is 14.3. The van der Waals surface area contributed by atoms with Gasteiger partial charge in [0.1, 0.15) is 23.4 Å². The lowest BCUT2D eigenvalue weighted by molar-refractivity contribution is 0.0695. The number of carbonyl (C=O) groups is 1. The zero-order valence-corrected chi connectivity index (χ0v) is 10.5. The summed E-state index contributed by atoms with van der Waals surface area (Å²) in [4.78, 5) is 30.9. The van der Waals surface area contributed by atoms with Gasteiger partial charge in [-0.3, -0.25) is 9.36 Å². The second-order valence-electron chi connectivity index (χ2n) is 3.80. The van der Waals surface area contributed by atoms with Gasteiger partial charge in [0.15, 0.2) is 0 Å². The Balaban J connectivity index is 2.48. The summed E-state index contributed by atoms with van der Waals surface area (Å²) < 4.78 is 18.3. The molecule has 3 rings (SSSR count). The third-order valence-corrected chi connectivity index (χ3v) is 3.26. The Morgan fingerprint density at radius 3 is 2.85 bits per heavy atom. The number of nitrogens with zero attached hydrogens (tertiary/aromatic N) is 4. The first-order valence-electron chi connectivity index (χ1n) is 5.29. The first-order chi connectivity index (χ1) is 9.58. The highest BCUT2D eigenvalue weighted by atomic mass is 32.1. The third kappa shape index (κ3) is 1.84. The van der Waals surface area contributed by atoms with E-state index in [2.05, 4.69) is 14.3 Å². The first kappa shape index (κ1) is 12.4. The van der Waals surface area contributed by atoms with Gasteiger partial charge in [-0.05, 0) is 6.07 Å². The second kappa shape index (κ2) is 4.46. The van der Waals surface area contributed by atoms with Crippen molar-refractivity contribution >= 4 is 28.5 Å². The molecule has 0 radical (unpaired) electrons. The van der Waals surface area contributed by atoms with E-state index in [1.807, 2.05) is 0 Å². The van der Waals surface area contributed by atoms with Gasteiger partial charge in [0.2, 0.25) is 10.6 Å². The monoisotopic (exact) mass is 292 g/mol. The Bertz CT molecular complexity index is 875. The number of hydrogen-bond acceptors (Lipinski definition) is 6. The van der Waals surface area contributed by atoms with Crippen LogP contribution in [0.5, 0.6) is 0 Å². The average Bonchev–Trinajstić information content (AvgIpc) is 2.93. The molecule has 20 heavy (non-hydrogen) atoms. The van der Waals surface area contributed by atoms with Crippen molar-refractivity contribution in [3.05, 3.63) is 46.4 Å². The van der Waals surface area contributed by atoms with Crippen molar-refractivity contribution < 1.29 is 14.3 Å². The predicted molar refractivity (Wildman–Crippen MR) is 67.7 cm³/mol. The van der Waals surface area contributed by atoms with Gasteiger partial charge in [0.25, 0.3) is 0 Å². The number of carboxylic acids is 1. The van der Waals surface area contributed by atoms with Gasteiger partial charge < -0.3 is 5.11 Å². The summed E-state index contributed by atoms with van der Waals surface area (Å²) in [6, 6.07) is 0.953. The maximum Gasteiger partial charge on any atom is 0.341 e. The average molecular weight is 292 g/mol. The first-order valence-corrected chi connectivity index (χ1v) is 6.06. The normalized spacial score (nSPS) is 10.8. The molecule has 0 saturated heterocycles. The molecule has 100 valence electrons. The largest absolute Gasteiger partial charge is 0.477 e. The topological polar surface area (TPSA) is 98.0 Å². The molecular formula is C11H5FN4O3S. The van der Waals surface area contributed by atoms with Crippen molar-refractivity contribution in [3.8, 4) is 5.13 Å². The number of pyridine rings is 2. The van der Waals surface area contributed by atoms with Crippen LogP contribution < -0.4 is 5.43 Å². The molecule has 0 aromatic carbocycles. The van der Waals surface area contributed by atoms with Crippen molar-refractivity contribution in [1.82, 2.24) is 18.9 Å². The van der Waals surface area contributed by atoms with Gasteiger partial charge in [0.05, 0.1) is 11.6 Å². The van der Waals surface area contributed by atoms with Crippen LogP contribution in [0.25, 0.3) is 16.2 Å². The molecule has 0 spiro atoms. The quantitative estimate of drug-likeness (QED) is 0.758. The Morgan fingerprint density at radius 1 is 1.40 bits per heavy atom. The number of aromatic carboxylic acids is 1.